The Morgan fingerprint density at radius 2 is 1.16 bits per heavy atom. The van der Waals surface area contributed by atoms with Crippen LogP contribution in [-0.2, 0) is 12.4 Å². The van der Waals surface area contributed by atoms with Crippen molar-refractivity contribution in [2.24, 2.45) is 11.3 Å². The lowest BCUT2D eigenvalue weighted by Crippen LogP contribution is -2.18. The van der Waals surface area contributed by atoms with Crippen molar-refractivity contribution < 1.29 is 26.3 Å². The molecule has 0 aromatic heterocycles. The van der Waals surface area contributed by atoms with E-state index in [1.54, 1.807) is 0 Å². The molecule has 1 atom stereocenters. The van der Waals surface area contributed by atoms with Crippen molar-refractivity contribution in [3.63, 3.8) is 0 Å². The second kappa shape index (κ2) is 9.05. The summed E-state index contributed by atoms with van der Waals surface area (Å²) in [5.41, 5.74) is -1.37. The quantitative estimate of drug-likeness (QED) is 0.306. The summed E-state index contributed by atoms with van der Waals surface area (Å²) in [6.45, 7) is 6.43. The van der Waals surface area contributed by atoms with Crippen LogP contribution in [0.3, 0.4) is 0 Å². The van der Waals surface area contributed by atoms with Gasteiger partial charge >= 0.3 is 12.4 Å². The van der Waals surface area contributed by atoms with Crippen molar-refractivity contribution in [1.29, 1.82) is 0 Å². The van der Waals surface area contributed by atoms with Gasteiger partial charge in [-0.3, -0.25) is 0 Å². The summed E-state index contributed by atoms with van der Waals surface area (Å²) in [6, 6.07) is 9.98. The van der Waals surface area contributed by atoms with Crippen molar-refractivity contribution >= 4 is 18.5 Å². The van der Waals surface area contributed by atoms with Crippen molar-refractivity contribution in [3.8, 4) is 0 Å². The highest BCUT2D eigenvalue weighted by Crippen LogP contribution is 2.51. The minimum absolute atomic E-state index is 0.102. The molecule has 0 radical (unpaired) electrons. The molecule has 7 heteroatoms. The maximum absolute atomic E-state index is 13.1. The van der Waals surface area contributed by atoms with E-state index in [0.29, 0.717) is 10.6 Å². The van der Waals surface area contributed by atoms with E-state index in [1.807, 2.05) is 12.2 Å². The molecule has 2 aromatic carbocycles. The number of halogens is 6. The van der Waals surface area contributed by atoms with E-state index in [4.69, 9.17) is 0 Å². The predicted octanol–water partition coefficient (Wildman–Crippen LogP) is 8.05. The Balaban J connectivity index is 2.00. The highest BCUT2D eigenvalue weighted by molar-refractivity contribution is 7.76. The first-order valence-electron chi connectivity index (χ1n) is 10.3. The molecule has 0 bridgehead atoms. The largest absolute Gasteiger partial charge is 0.416 e. The van der Waals surface area contributed by atoms with Crippen LogP contribution in [0.5, 0.6) is 0 Å². The minimum atomic E-state index is -4.45. The fraction of sp³-hybridized carbons (Fsp3) is 0.360. The zero-order valence-electron chi connectivity index (χ0n) is 18.1. The molecule has 32 heavy (non-hydrogen) atoms. The summed E-state index contributed by atoms with van der Waals surface area (Å²) in [4.78, 5) is 0. The summed E-state index contributed by atoms with van der Waals surface area (Å²) in [7, 11) is -1.27. The number of hydrogen-bond acceptors (Lipinski definition) is 0. The van der Waals surface area contributed by atoms with E-state index in [1.165, 1.54) is 24.3 Å². The Labute approximate surface area is 185 Å². The first-order chi connectivity index (χ1) is 14.8. The van der Waals surface area contributed by atoms with Crippen LogP contribution in [0.1, 0.15) is 44.7 Å². The van der Waals surface area contributed by atoms with E-state index in [-0.39, 0.29) is 11.3 Å². The molecule has 3 rings (SSSR count). The molecule has 0 amide bonds. The van der Waals surface area contributed by atoms with Crippen molar-refractivity contribution in [1.82, 2.24) is 0 Å². The minimum Gasteiger partial charge on any atom is -0.166 e. The molecule has 0 spiro atoms. The van der Waals surface area contributed by atoms with Gasteiger partial charge in [0.25, 0.3) is 0 Å². The van der Waals surface area contributed by atoms with Gasteiger partial charge in [0, 0.05) is 5.92 Å². The number of allylic oxidation sites excluding steroid dienone is 4. The van der Waals surface area contributed by atoms with E-state index < -0.39 is 31.4 Å². The Bertz CT molecular complexity index is 916. The average Bonchev–Trinajstić information content (AvgIpc) is 3.14. The number of alkyl halides is 6. The fourth-order valence-electron chi connectivity index (χ4n) is 3.63. The first kappa shape index (κ1) is 24.6. The summed E-state index contributed by atoms with van der Waals surface area (Å²) >= 11 is 0. The van der Waals surface area contributed by atoms with Gasteiger partial charge in [-0.1, -0.05) is 63.3 Å². The van der Waals surface area contributed by atoms with Crippen molar-refractivity contribution in [3.05, 3.63) is 83.2 Å². The van der Waals surface area contributed by atoms with Gasteiger partial charge in [-0.2, -0.15) is 26.3 Å². The second-order valence-electron chi connectivity index (χ2n) is 9.11. The Morgan fingerprint density at radius 3 is 1.53 bits per heavy atom. The van der Waals surface area contributed by atoms with Gasteiger partial charge in [0.05, 0.1) is 11.1 Å². The molecule has 0 saturated carbocycles. The van der Waals surface area contributed by atoms with Crippen LogP contribution in [0.15, 0.2) is 72.1 Å². The topological polar surface area (TPSA) is 0 Å². The van der Waals surface area contributed by atoms with Crippen molar-refractivity contribution in [2.45, 2.75) is 46.0 Å². The summed E-state index contributed by atoms with van der Waals surface area (Å²) < 4.78 is 78.3. The van der Waals surface area contributed by atoms with Crippen LogP contribution < -0.4 is 10.6 Å². The van der Waals surface area contributed by atoms with E-state index in [0.717, 1.165) is 42.4 Å². The highest BCUT2D eigenvalue weighted by atomic mass is 31.1. The van der Waals surface area contributed by atoms with Crippen LogP contribution in [0.4, 0.5) is 26.3 Å². The molecular weight excluding hydrogens is 445 g/mol. The zero-order valence-corrected chi connectivity index (χ0v) is 19.0. The summed E-state index contributed by atoms with van der Waals surface area (Å²) in [5.74, 6) is 0.102. The molecule has 172 valence electrons. The third kappa shape index (κ3) is 6.04. The van der Waals surface area contributed by atoms with E-state index in [9.17, 15) is 26.3 Å². The third-order valence-corrected chi connectivity index (χ3v) is 7.99. The van der Waals surface area contributed by atoms with Crippen LogP contribution in [-0.4, -0.2) is 0 Å². The second-order valence-corrected chi connectivity index (χ2v) is 11.3. The van der Waals surface area contributed by atoms with E-state index >= 15 is 0 Å². The van der Waals surface area contributed by atoms with Gasteiger partial charge < -0.3 is 0 Å². The van der Waals surface area contributed by atoms with Gasteiger partial charge in [-0.05, 0) is 66.4 Å². The van der Waals surface area contributed by atoms with Crippen LogP contribution >= 0.6 is 7.92 Å². The smallest absolute Gasteiger partial charge is 0.166 e. The lowest BCUT2D eigenvalue weighted by atomic mass is 9.87. The standard InChI is InChI=1S/C25H25F6P/c1-23(2,3)16-15-17-5-4-6-22(17)32(20-11-7-18(8-12-20)24(26,27)28)21-13-9-19(10-14-21)25(29,30)31/h4-14,17H,15-16H2,1-3H3. The molecule has 0 heterocycles. The number of hydrogen-bond donors (Lipinski definition) is 0. The average molecular weight is 470 g/mol. The highest BCUT2D eigenvalue weighted by Gasteiger charge is 2.33. The SMILES string of the molecule is CC(C)(C)CCC1C=CC=C1P(c1ccc(C(F)(F)F)cc1)c1ccc(C(F)(F)F)cc1. The first-order valence-corrected chi connectivity index (χ1v) is 11.6. The lowest BCUT2D eigenvalue weighted by Gasteiger charge is -2.28. The molecule has 1 aliphatic carbocycles. The maximum Gasteiger partial charge on any atom is 0.416 e. The van der Waals surface area contributed by atoms with Gasteiger partial charge in [0.15, 0.2) is 0 Å². The lowest BCUT2D eigenvalue weighted by molar-refractivity contribution is -0.138. The molecule has 1 aliphatic rings. The molecule has 0 nitrogen and oxygen atoms in total. The molecule has 0 N–H and O–H groups in total. The Hall–Kier alpha value is -2.07. The Morgan fingerprint density at radius 1 is 0.719 bits per heavy atom. The van der Waals surface area contributed by atoms with Gasteiger partial charge in [0.2, 0.25) is 0 Å². The zero-order chi connectivity index (χ0) is 23.7. The normalized spacial score (nSPS) is 17.2. The van der Waals surface area contributed by atoms with Gasteiger partial charge in [0.1, 0.15) is 0 Å². The van der Waals surface area contributed by atoms with E-state index in [2.05, 4.69) is 26.8 Å². The van der Waals surface area contributed by atoms with Crippen LogP contribution in [0, 0.1) is 11.3 Å². The number of benzene rings is 2. The molecule has 2 aromatic rings. The molecule has 0 aliphatic heterocycles. The molecule has 0 saturated heterocycles. The van der Waals surface area contributed by atoms with Crippen molar-refractivity contribution in [2.75, 3.05) is 0 Å². The molecule has 1 unspecified atom stereocenters. The fourth-order valence-corrected chi connectivity index (χ4v) is 6.20. The summed E-state index contributed by atoms with van der Waals surface area (Å²) in [6.07, 6.45) is -1.10. The third-order valence-electron chi connectivity index (χ3n) is 5.36. The van der Waals surface area contributed by atoms with Crippen LogP contribution in [0.2, 0.25) is 0 Å². The molecule has 0 fully saturated rings. The number of rotatable bonds is 5. The van der Waals surface area contributed by atoms with Gasteiger partial charge in [-0.25, -0.2) is 0 Å². The predicted molar refractivity (Wildman–Crippen MR) is 118 cm³/mol. The maximum atomic E-state index is 13.1. The van der Waals surface area contributed by atoms with Crippen LogP contribution in [0.25, 0.3) is 0 Å². The van der Waals surface area contributed by atoms with Gasteiger partial charge in [-0.15, -0.1) is 0 Å². The monoisotopic (exact) mass is 470 g/mol. The summed E-state index contributed by atoms with van der Waals surface area (Å²) in [5, 5.41) is 2.41. The molecular formula is C25H25F6P. The Kier molecular flexibility index (Phi) is 6.95.